The average molecular weight is 488 g/mol. The number of fused-ring (bicyclic) bond motifs is 1. The molecule has 3 saturated heterocycles. The first-order chi connectivity index (χ1) is 17.5. The number of ether oxygens (including phenoxy) is 2. The number of carbonyl (C=O) groups is 1. The molecule has 3 aliphatic heterocycles. The van der Waals surface area contributed by atoms with E-state index in [0.29, 0.717) is 32.2 Å². The number of para-hydroxylation sites is 1. The van der Waals surface area contributed by atoms with Gasteiger partial charge < -0.3 is 19.4 Å². The second-order valence-corrected chi connectivity index (χ2v) is 10.8. The number of amides is 1. The Bertz CT molecular complexity index is 1220. The number of carbonyl (C=O) groups excluding carboxylic acids is 1. The number of aromatic nitrogens is 1. The van der Waals surface area contributed by atoms with Gasteiger partial charge in [-0.15, -0.1) is 0 Å². The van der Waals surface area contributed by atoms with Crippen LogP contribution in [0.2, 0.25) is 0 Å². The summed E-state index contributed by atoms with van der Waals surface area (Å²) in [6.07, 6.45) is 3.79. The van der Waals surface area contributed by atoms with Gasteiger partial charge in [-0.25, -0.2) is 0 Å². The van der Waals surface area contributed by atoms with E-state index in [0.717, 1.165) is 67.5 Å². The molecule has 36 heavy (non-hydrogen) atoms. The Labute approximate surface area is 213 Å². The number of nitrogens with one attached hydrogen (secondary N) is 1. The number of H-pyrrole nitrogens is 1. The molecule has 0 radical (unpaired) electrons. The molecule has 6 heteroatoms. The van der Waals surface area contributed by atoms with Gasteiger partial charge in [0.05, 0.1) is 13.2 Å². The molecule has 2 aromatic carbocycles. The molecule has 1 aromatic heterocycles. The number of hydrogen-bond acceptors (Lipinski definition) is 4. The van der Waals surface area contributed by atoms with Crippen LogP contribution in [0.15, 0.2) is 42.5 Å². The Balaban J connectivity index is 1.19. The predicted molar refractivity (Wildman–Crippen MR) is 141 cm³/mol. The highest BCUT2D eigenvalue weighted by atomic mass is 16.7. The molecule has 190 valence electrons. The molecule has 1 N–H and O–H groups in total. The Morgan fingerprint density at radius 3 is 2.31 bits per heavy atom. The van der Waals surface area contributed by atoms with Crippen molar-refractivity contribution in [1.82, 2.24) is 14.8 Å². The molecule has 3 fully saturated rings. The standard InChI is InChI=1S/C30H37N3O3/c1-21-6-5-7-22(2)27(21)23-10-14-32(15-11-23)20-25-24-8-3-4-9-26(24)31-28(25)29(34)33-16-12-30(13-17-33)35-18-19-36-30/h3-9,23,31H,10-20H2,1-2H3. The number of likely N-dealkylation sites (tertiary alicyclic amines) is 2. The van der Waals surface area contributed by atoms with E-state index in [1.165, 1.54) is 11.1 Å². The van der Waals surface area contributed by atoms with Gasteiger partial charge in [0.25, 0.3) is 5.91 Å². The fourth-order valence-corrected chi connectivity index (χ4v) is 6.62. The molecule has 0 aliphatic carbocycles. The minimum Gasteiger partial charge on any atom is -0.350 e. The van der Waals surface area contributed by atoms with Gasteiger partial charge in [0.15, 0.2) is 5.79 Å². The van der Waals surface area contributed by atoms with Gasteiger partial charge in [0.2, 0.25) is 0 Å². The molecule has 3 aromatic rings. The number of hydrogen-bond donors (Lipinski definition) is 1. The Morgan fingerprint density at radius 1 is 0.944 bits per heavy atom. The summed E-state index contributed by atoms with van der Waals surface area (Å²) in [5.41, 5.74) is 7.28. The molecule has 6 nitrogen and oxygen atoms in total. The van der Waals surface area contributed by atoms with Crippen LogP contribution in [0.1, 0.15) is 64.3 Å². The lowest BCUT2D eigenvalue weighted by molar-refractivity contribution is -0.181. The Hall–Kier alpha value is -2.67. The van der Waals surface area contributed by atoms with Gasteiger partial charge in [-0.1, -0.05) is 36.4 Å². The van der Waals surface area contributed by atoms with Gasteiger partial charge in [-0.3, -0.25) is 9.69 Å². The molecule has 0 unspecified atom stereocenters. The van der Waals surface area contributed by atoms with E-state index < -0.39 is 5.79 Å². The van der Waals surface area contributed by atoms with Gasteiger partial charge in [0.1, 0.15) is 5.69 Å². The van der Waals surface area contributed by atoms with Crippen molar-refractivity contribution in [2.75, 3.05) is 39.4 Å². The largest absolute Gasteiger partial charge is 0.350 e. The Morgan fingerprint density at radius 2 is 1.61 bits per heavy atom. The second-order valence-electron chi connectivity index (χ2n) is 10.8. The summed E-state index contributed by atoms with van der Waals surface area (Å²) in [4.78, 5) is 21.7. The van der Waals surface area contributed by atoms with Crippen molar-refractivity contribution >= 4 is 16.8 Å². The van der Waals surface area contributed by atoms with Gasteiger partial charge in [0, 0.05) is 48.9 Å². The monoisotopic (exact) mass is 487 g/mol. The van der Waals surface area contributed by atoms with E-state index in [2.05, 4.69) is 60.1 Å². The molecule has 6 rings (SSSR count). The topological polar surface area (TPSA) is 57.8 Å². The fourth-order valence-electron chi connectivity index (χ4n) is 6.62. The fraction of sp³-hybridized carbons (Fsp3) is 0.500. The molecular formula is C30H37N3O3. The van der Waals surface area contributed by atoms with E-state index in [9.17, 15) is 4.79 Å². The summed E-state index contributed by atoms with van der Waals surface area (Å²) in [6.45, 7) is 10.0. The highest BCUT2D eigenvalue weighted by Gasteiger charge is 2.41. The van der Waals surface area contributed by atoms with Gasteiger partial charge in [-0.2, -0.15) is 0 Å². The van der Waals surface area contributed by atoms with Crippen LogP contribution in [0.5, 0.6) is 0 Å². The van der Waals surface area contributed by atoms with E-state index in [-0.39, 0.29) is 5.91 Å². The van der Waals surface area contributed by atoms with Crippen LogP contribution in [0, 0.1) is 13.8 Å². The third kappa shape index (κ3) is 4.36. The third-order valence-corrected chi connectivity index (χ3v) is 8.57. The maximum atomic E-state index is 13.7. The second kappa shape index (κ2) is 9.66. The van der Waals surface area contributed by atoms with Crippen LogP contribution in [0.3, 0.4) is 0 Å². The first-order valence-electron chi connectivity index (χ1n) is 13.5. The van der Waals surface area contributed by atoms with Gasteiger partial charge >= 0.3 is 0 Å². The van der Waals surface area contributed by atoms with E-state index >= 15 is 0 Å². The maximum absolute atomic E-state index is 13.7. The zero-order chi connectivity index (χ0) is 24.7. The zero-order valence-electron chi connectivity index (χ0n) is 21.5. The van der Waals surface area contributed by atoms with Crippen LogP contribution in [0.4, 0.5) is 0 Å². The van der Waals surface area contributed by atoms with Crippen molar-refractivity contribution in [2.24, 2.45) is 0 Å². The van der Waals surface area contributed by atoms with E-state index in [1.54, 1.807) is 5.56 Å². The summed E-state index contributed by atoms with van der Waals surface area (Å²) in [6, 6.07) is 15.0. The number of piperidine rings is 2. The molecule has 0 atom stereocenters. The number of aryl methyl sites for hydroxylation is 2. The van der Waals surface area contributed by atoms with Crippen molar-refractivity contribution < 1.29 is 14.3 Å². The minimum absolute atomic E-state index is 0.0967. The first kappa shape index (κ1) is 23.7. The molecule has 0 saturated carbocycles. The lowest BCUT2D eigenvalue weighted by Gasteiger charge is -2.37. The number of nitrogens with zero attached hydrogens (tertiary/aromatic N) is 2. The van der Waals surface area contributed by atoms with Crippen molar-refractivity contribution in [1.29, 1.82) is 0 Å². The number of benzene rings is 2. The number of aromatic amines is 1. The Kier molecular flexibility index (Phi) is 6.36. The molecule has 0 bridgehead atoms. The zero-order valence-corrected chi connectivity index (χ0v) is 21.5. The average Bonchev–Trinajstić information content (AvgIpc) is 3.50. The van der Waals surface area contributed by atoms with Crippen LogP contribution in [-0.2, 0) is 16.0 Å². The van der Waals surface area contributed by atoms with Gasteiger partial charge in [-0.05, 0) is 68.5 Å². The minimum atomic E-state index is -0.472. The summed E-state index contributed by atoms with van der Waals surface area (Å²) in [5.74, 6) is 0.242. The van der Waals surface area contributed by atoms with Crippen molar-refractivity contribution in [2.45, 2.75) is 57.8 Å². The lowest BCUT2D eigenvalue weighted by atomic mass is 9.84. The first-order valence-corrected chi connectivity index (χ1v) is 13.5. The van der Waals surface area contributed by atoms with Crippen molar-refractivity contribution in [3.8, 4) is 0 Å². The molecule has 1 amide bonds. The lowest BCUT2D eigenvalue weighted by Crippen LogP contribution is -2.47. The van der Waals surface area contributed by atoms with Crippen LogP contribution < -0.4 is 0 Å². The quantitative estimate of drug-likeness (QED) is 0.553. The number of rotatable bonds is 4. The molecule has 4 heterocycles. The normalized spacial score (nSPS) is 21.0. The third-order valence-electron chi connectivity index (χ3n) is 8.57. The summed E-state index contributed by atoms with van der Waals surface area (Å²) in [7, 11) is 0. The van der Waals surface area contributed by atoms with Crippen molar-refractivity contribution in [3.05, 3.63) is 70.4 Å². The summed E-state index contributed by atoms with van der Waals surface area (Å²) < 4.78 is 11.7. The van der Waals surface area contributed by atoms with E-state index in [1.807, 2.05) is 11.0 Å². The summed E-state index contributed by atoms with van der Waals surface area (Å²) in [5, 5.41) is 1.16. The molecular weight excluding hydrogens is 450 g/mol. The SMILES string of the molecule is Cc1cccc(C)c1C1CCN(Cc2c(C(=O)N3CCC4(CC3)OCCO4)[nH]c3ccccc23)CC1. The highest BCUT2D eigenvalue weighted by molar-refractivity contribution is 6.01. The molecule has 1 spiro atoms. The highest BCUT2D eigenvalue weighted by Crippen LogP contribution is 2.35. The predicted octanol–water partition coefficient (Wildman–Crippen LogP) is 5.14. The molecule has 3 aliphatic rings. The van der Waals surface area contributed by atoms with E-state index in [4.69, 9.17) is 9.47 Å². The maximum Gasteiger partial charge on any atom is 0.270 e. The van der Waals surface area contributed by atoms with Crippen LogP contribution in [-0.4, -0.2) is 65.9 Å². The van der Waals surface area contributed by atoms with Crippen LogP contribution in [0.25, 0.3) is 10.9 Å². The van der Waals surface area contributed by atoms with Crippen LogP contribution >= 0.6 is 0 Å². The summed E-state index contributed by atoms with van der Waals surface area (Å²) >= 11 is 0. The smallest absolute Gasteiger partial charge is 0.270 e. The van der Waals surface area contributed by atoms with Crippen molar-refractivity contribution in [3.63, 3.8) is 0 Å².